The van der Waals surface area contributed by atoms with Crippen molar-refractivity contribution in [2.75, 3.05) is 0 Å². The van der Waals surface area contributed by atoms with Crippen LogP contribution in [0, 0.1) is 13.8 Å². The van der Waals surface area contributed by atoms with E-state index in [1.165, 1.54) is 4.88 Å². The van der Waals surface area contributed by atoms with Gasteiger partial charge >= 0.3 is 0 Å². The zero-order valence-electron chi connectivity index (χ0n) is 10.3. The summed E-state index contributed by atoms with van der Waals surface area (Å²) in [5.74, 6) is -0.191. The van der Waals surface area contributed by atoms with Crippen LogP contribution in [0.15, 0.2) is 41.5 Å². The highest BCUT2D eigenvalue weighted by molar-refractivity contribution is 7.13. The van der Waals surface area contributed by atoms with Crippen molar-refractivity contribution in [1.82, 2.24) is 5.43 Å². The highest BCUT2D eigenvalue weighted by Crippen LogP contribution is 2.12. The topological polar surface area (TPSA) is 41.5 Å². The van der Waals surface area contributed by atoms with Crippen LogP contribution in [-0.4, -0.2) is 12.1 Å². The quantitative estimate of drug-likeness (QED) is 0.667. The van der Waals surface area contributed by atoms with Crippen LogP contribution in [0.3, 0.4) is 0 Å². The van der Waals surface area contributed by atoms with Crippen LogP contribution in [-0.2, 0) is 0 Å². The van der Waals surface area contributed by atoms with Crippen molar-refractivity contribution in [3.05, 3.63) is 57.3 Å². The molecule has 0 aliphatic carbocycles. The number of benzene rings is 1. The van der Waals surface area contributed by atoms with E-state index >= 15 is 0 Å². The molecule has 1 aromatic heterocycles. The number of hydrazone groups is 1. The van der Waals surface area contributed by atoms with Gasteiger partial charge in [-0.1, -0.05) is 17.7 Å². The third kappa shape index (κ3) is 3.28. The molecule has 0 atom stereocenters. The molecule has 0 saturated carbocycles. The number of amides is 1. The van der Waals surface area contributed by atoms with Gasteiger partial charge in [0.2, 0.25) is 0 Å². The van der Waals surface area contributed by atoms with E-state index in [4.69, 9.17) is 0 Å². The molecule has 0 bridgehead atoms. The van der Waals surface area contributed by atoms with E-state index in [1.807, 2.05) is 44.2 Å². The molecular formula is C14H14N2OS. The maximum atomic E-state index is 11.8. The van der Waals surface area contributed by atoms with Crippen molar-refractivity contribution in [3.8, 4) is 0 Å². The molecule has 92 valence electrons. The fourth-order valence-electron chi connectivity index (χ4n) is 1.53. The van der Waals surface area contributed by atoms with Crippen LogP contribution in [0.25, 0.3) is 0 Å². The molecule has 0 aliphatic heterocycles. The lowest BCUT2D eigenvalue weighted by atomic mass is 10.1. The summed E-state index contributed by atoms with van der Waals surface area (Å²) in [6, 6.07) is 11.4. The number of nitrogens with zero attached hydrogens (tertiary/aromatic N) is 1. The van der Waals surface area contributed by atoms with Gasteiger partial charge in [0, 0.05) is 15.3 Å². The van der Waals surface area contributed by atoms with E-state index in [1.54, 1.807) is 23.6 Å². The summed E-state index contributed by atoms with van der Waals surface area (Å²) in [4.78, 5) is 14.0. The van der Waals surface area contributed by atoms with E-state index in [0.29, 0.717) is 5.56 Å². The summed E-state index contributed by atoms with van der Waals surface area (Å²) < 4.78 is 0. The average molecular weight is 258 g/mol. The van der Waals surface area contributed by atoms with Gasteiger partial charge in [0.15, 0.2) is 0 Å². The summed E-state index contributed by atoms with van der Waals surface area (Å²) in [6.07, 6.45) is 1.66. The molecule has 0 spiro atoms. The summed E-state index contributed by atoms with van der Waals surface area (Å²) in [6.45, 7) is 3.99. The van der Waals surface area contributed by atoms with Crippen molar-refractivity contribution >= 4 is 23.5 Å². The smallest absolute Gasteiger partial charge is 0.267 e. The Balaban J connectivity index is 1.98. The number of carbonyl (C=O) groups is 1. The fraction of sp³-hybridized carbons (Fsp3) is 0.143. The first-order chi connectivity index (χ1) is 8.65. The summed E-state index contributed by atoms with van der Waals surface area (Å²) in [5.41, 5.74) is 4.20. The van der Waals surface area contributed by atoms with Crippen molar-refractivity contribution in [1.29, 1.82) is 0 Å². The Morgan fingerprint density at radius 1 is 1.28 bits per heavy atom. The molecule has 1 N–H and O–H groups in total. The van der Waals surface area contributed by atoms with Crippen LogP contribution < -0.4 is 5.43 Å². The molecule has 4 heteroatoms. The highest BCUT2D eigenvalue weighted by atomic mass is 32.1. The Morgan fingerprint density at radius 2 is 2.11 bits per heavy atom. The van der Waals surface area contributed by atoms with Gasteiger partial charge < -0.3 is 0 Å². The Bertz CT molecular complexity index is 587. The second-order valence-electron chi connectivity index (χ2n) is 4.02. The molecule has 0 saturated heterocycles. The number of hydrogen-bond acceptors (Lipinski definition) is 3. The largest absolute Gasteiger partial charge is 0.271 e. The minimum absolute atomic E-state index is 0.191. The van der Waals surface area contributed by atoms with Crippen molar-refractivity contribution in [3.63, 3.8) is 0 Å². The molecule has 1 aromatic carbocycles. The maximum absolute atomic E-state index is 11.8. The number of rotatable bonds is 3. The highest BCUT2D eigenvalue weighted by Gasteiger charge is 2.03. The predicted octanol–water partition coefficient (Wildman–Crippen LogP) is 3.13. The Labute approximate surface area is 110 Å². The van der Waals surface area contributed by atoms with Gasteiger partial charge in [0.05, 0.1) is 6.21 Å². The lowest BCUT2D eigenvalue weighted by Crippen LogP contribution is -2.17. The van der Waals surface area contributed by atoms with Gasteiger partial charge in [-0.2, -0.15) is 5.10 Å². The predicted molar refractivity (Wildman–Crippen MR) is 75.3 cm³/mol. The molecule has 1 amide bonds. The van der Waals surface area contributed by atoms with Gasteiger partial charge in [0.1, 0.15) is 0 Å². The summed E-state index contributed by atoms with van der Waals surface area (Å²) in [5, 5.41) is 3.95. The molecular weight excluding hydrogens is 244 g/mol. The SMILES string of the molecule is Cc1cccc(C(=O)NN=Cc2ccc(C)s2)c1. The Hall–Kier alpha value is -1.94. The second-order valence-corrected chi connectivity index (χ2v) is 5.34. The molecule has 2 aromatic rings. The van der Waals surface area contributed by atoms with Gasteiger partial charge in [-0.05, 0) is 38.1 Å². The van der Waals surface area contributed by atoms with E-state index < -0.39 is 0 Å². The third-order valence-corrected chi connectivity index (χ3v) is 3.33. The van der Waals surface area contributed by atoms with Gasteiger partial charge in [-0.3, -0.25) is 4.79 Å². The third-order valence-electron chi connectivity index (χ3n) is 2.40. The second kappa shape index (κ2) is 5.60. The van der Waals surface area contributed by atoms with E-state index in [0.717, 1.165) is 10.4 Å². The van der Waals surface area contributed by atoms with E-state index in [-0.39, 0.29) is 5.91 Å². The minimum atomic E-state index is -0.191. The van der Waals surface area contributed by atoms with Crippen LogP contribution in [0.1, 0.15) is 25.7 Å². The number of aryl methyl sites for hydroxylation is 2. The van der Waals surface area contributed by atoms with E-state index in [2.05, 4.69) is 10.5 Å². The number of hydrogen-bond donors (Lipinski definition) is 1. The molecule has 0 unspecified atom stereocenters. The molecule has 1 heterocycles. The molecule has 3 nitrogen and oxygen atoms in total. The van der Waals surface area contributed by atoms with Crippen LogP contribution >= 0.6 is 11.3 Å². The normalized spacial score (nSPS) is 10.8. The van der Waals surface area contributed by atoms with Crippen LogP contribution in [0.2, 0.25) is 0 Å². The standard InChI is InChI=1S/C14H14N2OS/c1-10-4-3-5-12(8-10)14(17)16-15-9-13-7-6-11(2)18-13/h3-9H,1-2H3,(H,16,17). The number of nitrogens with one attached hydrogen (secondary N) is 1. The number of carbonyl (C=O) groups excluding carboxylic acids is 1. The molecule has 0 fully saturated rings. The van der Waals surface area contributed by atoms with Crippen molar-refractivity contribution in [2.45, 2.75) is 13.8 Å². The molecule has 18 heavy (non-hydrogen) atoms. The van der Waals surface area contributed by atoms with Crippen LogP contribution in [0.4, 0.5) is 0 Å². The molecule has 0 radical (unpaired) electrons. The summed E-state index contributed by atoms with van der Waals surface area (Å²) in [7, 11) is 0. The maximum Gasteiger partial charge on any atom is 0.271 e. The first-order valence-electron chi connectivity index (χ1n) is 5.61. The minimum Gasteiger partial charge on any atom is -0.267 e. The van der Waals surface area contributed by atoms with Gasteiger partial charge in [-0.15, -0.1) is 11.3 Å². The number of thiophene rings is 1. The first kappa shape index (κ1) is 12.5. The lowest BCUT2D eigenvalue weighted by Gasteiger charge is -2.00. The molecule has 2 rings (SSSR count). The Kier molecular flexibility index (Phi) is 3.89. The molecule has 0 aliphatic rings. The van der Waals surface area contributed by atoms with Gasteiger partial charge in [0.25, 0.3) is 5.91 Å². The zero-order valence-corrected chi connectivity index (χ0v) is 11.1. The van der Waals surface area contributed by atoms with Crippen LogP contribution in [0.5, 0.6) is 0 Å². The monoisotopic (exact) mass is 258 g/mol. The van der Waals surface area contributed by atoms with Crippen molar-refractivity contribution < 1.29 is 4.79 Å². The Morgan fingerprint density at radius 3 is 2.78 bits per heavy atom. The average Bonchev–Trinajstić information content (AvgIpc) is 2.75. The van der Waals surface area contributed by atoms with Crippen molar-refractivity contribution in [2.24, 2.45) is 5.10 Å². The van der Waals surface area contributed by atoms with E-state index in [9.17, 15) is 4.79 Å². The first-order valence-corrected chi connectivity index (χ1v) is 6.43. The van der Waals surface area contributed by atoms with Gasteiger partial charge in [-0.25, -0.2) is 5.43 Å². The fourth-order valence-corrected chi connectivity index (χ4v) is 2.28. The zero-order chi connectivity index (χ0) is 13.0. The lowest BCUT2D eigenvalue weighted by molar-refractivity contribution is 0.0955. The summed E-state index contributed by atoms with van der Waals surface area (Å²) >= 11 is 1.64.